The molecule has 1 rings (SSSR count). The summed E-state index contributed by atoms with van der Waals surface area (Å²) in [5.74, 6) is -0.148. The molecule has 3 heteroatoms. The van der Waals surface area contributed by atoms with Gasteiger partial charge in [-0.2, -0.15) is 0 Å². The van der Waals surface area contributed by atoms with E-state index in [1.54, 1.807) is 0 Å². The fraction of sp³-hybridized carbons (Fsp3) is 0.588. The van der Waals surface area contributed by atoms with Crippen LogP contribution in [0.15, 0.2) is 18.2 Å². The molecule has 1 unspecified atom stereocenters. The molecule has 0 radical (unpaired) electrons. The molecule has 0 saturated carbocycles. The second-order valence-corrected chi connectivity index (χ2v) is 6.30. The van der Waals surface area contributed by atoms with Crippen LogP contribution < -0.4 is 5.73 Å². The number of rotatable bonds is 6. The van der Waals surface area contributed by atoms with E-state index in [1.165, 1.54) is 11.1 Å². The van der Waals surface area contributed by atoms with Gasteiger partial charge in [-0.15, -0.1) is 0 Å². The number of hydrogen-bond donors (Lipinski definition) is 1. The van der Waals surface area contributed by atoms with E-state index in [9.17, 15) is 4.79 Å². The summed E-state index contributed by atoms with van der Waals surface area (Å²) in [7, 11) is 0. The molecule has 112 valence electrons. The number of hydrogen-bond acceptors (Lipinski definition) is 3. The minimum absolute atomic E-state index is 0.0567. The number of aryl methyl sites for hydroxylation is 2. The van der Waals surface area contributed by atoms with Gasteiger partial charge in [-0.25, -0.2) is 0 Å². The predicted molar refractivity (Wildman–Crippen MR) is 82.5 cm³/mol. The molecule has 1 aromatic rings. The van der Waals surface area contributed by atoms with Gasteiger partial charge < -0.3 is 10.5 Å². The van der Waals surface area contributed by atoms with E-state index < -0.39 is 0 Å². The lowest BCUT2D eigenvalue weighted by molar-refractivity contribution is -0.145. The van der Waals surface area contributed by atoms with E-state index in [-0.39, 0.29) is 17.4 Å². The van der Waals surface area contributed by atoms with Crippen LogP contribution in [0.2, 0.25) is 0 Å². The Hall–Kier alpha value is -1.35. The molecule has 0 aromatic heterocycles. The molecular weight excluding hydrogens is 250 g/mol. The van der Waals surface area contributed by atoms with Crippen molar-refractivity contribution in [3.8, 4) is 0 Å². The summed E-state index contributed by atoms with van der Waals surface area (Å²) in [4.78, 5) is 11.6. The Labute approximate surface area is 122 Å². The minimum Gasteiger partial charge on any atom is -0.466 e. The zero-order chi connectivity index (χ0) is 15.3. The fourth-order valence-electron chi connectivity index (χ4n) is 2.38. The summed E-state index contributed by atoms with van der Waals surface area (Å²) in [5, 5.41) is 0. The highest BCUT2D eigenvalue weighted by atomic mass is 16.5. The number of benzene rings is 1. The van der Waals surface area contributed by atoms with Crippen molar-refractivity contribution in [1.82, 2.24) is 0 Å². The highest BCUT2D eigenvalue weighted by Gasteiger charge is 2.26. The maximum atomic E-state index is 11.6. The van der Waals surface area contributed by atoms with E-state index in [0.29, 0.717) is 13.0 Å². The van der Waals surface area contributed by atoms with E-state index in [1.807, 2.05) is 6.92 Å². The Bertz CT molecular complexity index is 466. The number of carbonyl (C=O) groups is 1. The Morgan fingerprint density at radius 2 is 1.95 bits per heavy atom. The number of carbonyl (C=O) groups excluding carboxylic acids is 1. The zero-order valence-electron chi connectivity index (χ0n) is 13.3. The lowest BCUT2D eigenvalue weighted by Crippen LogP contribution is -2.25. The van der Waals surface area contributed by atoms with Crippen molar-refractivity contribution in [2.45, 2.75) is 53.5 Å². The first-order valence-corrected chi connectivity index (χ1v) is 7.23. The average Bonchev–Trinajstić information content (AvgIpc) is 2.31. The van der Waals surface area contributed by atoms with Crippen LogP contribution in [0.3, 0.4) is 0 Å². The quantitative estimate of drug-likeness (QED) is 0.807. The third kappa shape index (κ3) is 4.97. The van der Waals surface area contributed by atoms with Crippen molar-refractivity contribution in [2.75, 3.05) is 6.61 Å². The third-order valence-electron chi connectivity index (χ3n) is 3.66. The molecule has 3 nitrogen and oxygen atoms in total. The molecule has 1 aromatic carbocycles. The largest absolute Gasteiger partial charge is 0.466 e. The molecule has 0 aliphatic heterocycles. The van der Waals surface area contributed by atoms with Gasteiger partial charge in [-0.05, 0) is 49.3 Å². The summed E-state index contributed by atoms with van der Waals surface area (Å²) in [5.41, 5.74) is 9.79. The van der Waals surface area contributed by atoms with E-state index in [4.69, 9.17) is 10.5 Å². The van der Waals surface area contributed by atoms with Crippen molar-refractivity contribution < 1.29 is 9.53 Å². The standard InChI is InChI=1S/C17H27NO2/c1-6-20-16(19)11-17(4,5)10-15(18)14-8-7-12(2)13(3)9-14/h7-9,15H,6,10-11,18H2,1-5H3. The van der Waals surface area contributed by atoms with E-state index >= 15 is 0 Å². The molecule has 2 N–H and O–H groups in total. The molecule has 0 bridgehead atoms. The fourth-order valence-corrected chi connectivity index (χ4v) is 2.38. The minimum atomic E-state index is -0.162. The zero-order valence-corrected chi connectivity index (χ0v) is 13.3. The van der Waals surface area contributed by atoms with Crippen LogP contribution in [0.4, 0.5) is 0 Å². The van der Waals surface area contributed by atoms with Gasteiger partial charge in [0.15, 0.2) is 0 Å². The molecule has 0 aliphatic rings. The molecule has 0 heterocycles. The van der Waals surface area contributed by atoms with Crippen molar-refractivity contribution in [3.05, 3.63) is 34.9 Å². The van der Waals surface area contributed by atoms with Crippen LogP contribution in [0, 0.1) is 19.3 Å². The molecule has 20 heavy (non-hydrogen) atoms. The molecule has 0 spiro atoms. The smallest absolute Gasteiger partial charge is 0.306 e. The van der Waals surface area contributed by atoms with Gasteiger partial charge in [0.25, 0.3) is 0 Å². The Morgan fingerprint density at radius 1 is 1.30 bits per heavy atom. The summed E-state index contributed by atoms with van der Waals surface area (Å²) in [6.45, 7) is 10.6. The van der Waals surface area contributed by atoms with Gasteiger partial charge in [-0.1, -0.05) is 32.0 Å². The molecule has 0 saturated heterocycles. The molecule has 0 amide bonds. The molecule has 0 fully saturated rings. The molecular formula is C17H27NO2. The van der Waals surface area contributed by atoms with Crippen molar-refractivity contribution in [3.63, 3.8) is 0 Å². The van der Waals surface area contributed by atoms with Gasteiger partial charge in [-0.3, -0.25) is 4.79 Å². The highest BCUT2D eigenvalue weighted by Crippen LogP contribution is 2.32. The number of nitrogens with two attached hydrogens (primary N) is 1. The maximum absolute atomic E-state index is 11.6. The predicted octanol–water partition coefficient (Wildman–Crippen LogP) is 3.67. The summed E-state index contributed by atoms with van der Waals surface area (Å²) < 4.78 is 5.02. The monoisotopic (exact) mass is 277 g/mol. The number of esters is 1. The normalized spacial score (nSPS) is 13.1. The van der Waals surface area contributed by atoms with Crippen LogP contribution in [-0.4, -0.2) is 12.6 Å². The van der Waals surface area contributed by atoms with E-state index in [0.717, 1.165) is 12.0 Å². The van der Waals surface area contributed by atoms with Gasteiger partial charge in [0.05, 0.1) is 13.0 Å². The lowest BCUT2D eigenvalue weighted by atomic mass is 9.81. The van der Waals surface area contributed by atoms with Gasteiger partial charge in [0, 0.05) is 6.04 Å². The van der Waals surface area contributed by atoms with Gasteiger partial charge >= 0.3 is 5.97 Å². The maximum Gasteiger partial charge on any atom is 0.306 e. The highest BCUT2D eigenvalue weighted by molar-refractivity contribution is 5.70. The van der Waals surface area contributed by atoms with Gasteiger partial charge in [0.1, 0.15) is 0 Å². The first kappa shape index (κ1) is 16.7. The SMILES string of the molecule is CCOC(=O)CC(C)(C)CC(N)c1ccc(C)c(C)c1. The first-order chi connectivity index (χ1) is 9.25. The lowest BCUT2D eigenvalue weighted by Gasteiger charge is -2.27. The van der Waals surface area contributed by atoms with Gasteiger partial charge in [0.2, 0.25) is 0 Å². The Morgan fingerprint density at radius 3 is 2.50 bits per heavy atom. The average molecular weight is 277 g/mol. The Kier molecular flexibility index (Phi) is 5.75. The summed E-state index contributed by atoms with van der Waals surface area (Å²) in [6, 6.07) is 6.26. The Balaban J connectivity index is 2.70. The van der Waals surface area contributed by atoms with Crippen LogP contribution in [0.5, 0.6) is 0 Å². The molecule has 0 aliphatic carbocycles. The second-order valence-electron chi connectivity index (χ2n) is 6.30. The van der Waals surface area contributed by atoms with Crippen molar-refractivity contribution >= 4 is 5.97 Å². The summed E-state index contributed by atoms with van der Waals surface area (Å²) in [6.07, 6.45) is 1.16. The first-order valence-electron chi connectivity index (χ1n) is 7.23. The van der Waals surface area contributed by atoms with Crippen LogP contribution in [0.1, 0.15) is 56.3 Å². The topological polar surface area (TPSA) is 52.3 Å². The summed E-state index contributed by atoms with van der Waals surface area (Å²) >= 11 is 0. The third-order valence-corrected chi connectivity index (χ3v) is 3.66. The van der Waals surface area contributed by atoms with Crippen molar-refractivity contribution in [1.29, 1.82) is 0 Å². The van der Waals surface area contributed by atoms with Crippen LogP contribution in [-0.2, 0) is 9.53 Å². The number of ether oxygens (including phenoxy) is 1. The van der Waals surface area contributed by atoms with Crippen LogP contribution in [0.25, 0.3) is 0 Å². The van der Waals surface area contributed by atoms with E-state index in [2.05, 4.69) is 45.9 Å². The van der Waals surface area contributed by atoms with Crippen molar-refractivity contribution in [2.24, 2.45) is 11.1 Å². The molecule has 1 atom stereocenters. The second kappa shape index (κ2) is 6.89. The van der Waals surface area contributed by atoms with Crippen LogP contribution >= 0.6 is 0 Å².